The summed E-state index contributed by atoms with van der Waals surface area (Å²) in [5, 5.41) is 2.71. The number of hydrogen-bond donors (Lipinski definition) is 1. The zero-order chi connectivity index (χ0) is 15.8. The van der Waals surface area contributed by atoms with E-state index in [1.165, 1.54) is 6.07 Å². The Morgan fingerprint density at radius 1 is 1.48 bits per heavy atom. The van der Waals surface area contributed by atoms with Crippen molar-refractivity contribution in [3.8, 4) is 0 Å². The molecule has 1 atom stereocenters. The topological polar surface area (TPSA) is 41.6 Å². The van der Waals surface area contributed by atoms with Crippen molar-refractivity contribution in [2.24, 2.45) is 0 Å². The molecule has 1 unspecified atom stereocenters. The van der Waals surface area contributed by atoms with Crippen LogP contribution in [-0.2, 0) is 9.53 Å². The van der Waals surface area contributed by atoms with Crippen molar-refractivity contribution in [3.05, 3.63) is 29.6 Å². The van der Waals surface area contributed by atoms with Crippen LogP contribution in [0.3, 0.4) is 0 Å². The summed E-state index contributed by atoms with van der Waals surface area (Å²) in [6, 6.07) is 4.70. The number of nitrogens with one attached hydrogen (secondary N) is 1. The van der Waals surface area contributed by atoms with E-state index in [1.54, 1.807) is 19.1 Å². The molecule has 0 saturated carbocycles. The highest BCUT2D eigenvalue weighted by molar-refractivity contribution is 5.90. The first-order chi connectivity index (χ1) is 9.92. The lowest BCUT2D eigenvalue weighted by molar-refractivity contribution is -0.116. The Hall–Kier alpha value is -1.46. The molecule has 0 saturated heterocycles. The normalized spacial score (nSPS) is 12.5. The standard InChI is InChI=1S/C16H25FN2O2/c1-5-21-13(3)11-19(4)9-8-16(20)18-14-7-6-12(2)15(17)10-14/h6-7,10,13H,5,8-9,11H2,1-4H3,(H,18,20). The molecule has 0 radical (unpaired) electrons. The zero-order valence-electron chi connectivity index (χ0n) is 13.3. The average Bonchev–Trinajstić information content (AvgIpc) is 2.41. The molecule has 4 nitrogen and oxygen atoms in total. The second-order valence-electron chi connectivity index (χ2n) is 5.29. The molecule has 1 amide bonds. The third kappa shape index (κ3) is 6.69. The summed E-state index contributed by atoms with van der Waals surface area (Å²) in [4.78, 5) is 13.9. The van der Waals surface area contributed by atoms with E-state index < -0.39 is 0 Å². The van der Waals surface area contributed by atoms with Crippen LogP contribution in [0.1, 0.15) is 25.8 Å². The number of rotatable bonds is 8. The Balaban J connectivity index is 2.35. The van der Waals surface area contributed by atoms with Crippen LogP contribution in [0.5, 0.6) is 0 Å². The second kappa shape index (κ2) is 8.74. The Kier molecular flexibility index (Phi) is 7.32. The fourth-order valence-electron chi connectivity index (χ4n) is 2.05. The minimum atomic E-state index is -0.310. The summed E-state index contributed by atoms with van der Waals surface area (Å²) in [5.41, 5.74) is 1.06. The van der Waals surface area contributed by atoms with E-state index >= 15 is 0 Å². The van der Waals surface area contributed by atoms with E-state index in [9.17, 15) is 9.18 Å². The average molecular weight is 296 g/mol. The predicted octanol–water partition coefficient (Wildman–Crippen LogP) is 2.82. The van der Waals surface area contributed by atoms with Crippen molar-refractivity contribution in [2.75, 3.05) is 32.1 Å². The highest BCUT2D eigenvalue weighted by Crippen LogP contribution is 2.13. The number of ether oxygens (including phenoxy) is 1. The molecular formula is C16H25FN2O2. The van der Waals surface area contributed by atoms with E-state index in [4.69, 9.17) is 4.74 Å². The molecule has 0 aromatic heterocycles. The fourth-order valence-corrected chi connectivity index (χ4v) is 2.05. The molecule has 1 N–H and O–H groups in total. The number of halogens is 1. The third-order valence-electron chi connectivity index (χ3n) is 3.20. The van der Waals surface area contributed by atoms with E-state index in [2.05, 4.69) is 10.2 Å². The molecule has 0 heterocycles. The minimum Gasteiger partial charge on any atom is -0.377 e. The van der Waals surface area contributed by atoms with Gasteiger partial charge in [0.05, 0.1) is 6.10 Å². The lowest BCUT2D eigenvalue weighted by Gasteiger charge is -2.20. The van der Waals surface area contributed by atoms with Crippen molar-refractivity contribution in [2.45, 2.75) is 33.3 Å². The van der Waals surface area contributed by atoms with Gasteiger partial charge in [-0.05, 0) is 45.5 Å². The molecule has 0 bridgehead atoms. The van der Waals surface area contributed by atoms with Gasteiger partial charge in [0, 0.05) is 31.8 Å². The Bertz CT molecular complexity index is 466. The molecular weight excluding hydrogens is 271 g/mol. The number of aryl methyl sites for hydroxylation is 1. The Morgan fingerprint density at radius 2 is 2.19 bits per heavy atom. The lowest BCUT2D eigenvalue weighted by Crippen LogP contribution is -2.31. The minimum absolute atomic E-state index is 0.117. The van der Waals surface area contributed by atoms with Crippen molar-refractivity contribution in [3.63, 3.8) is 0 Å². The van der Waals surface area contributed by atoms with Crippen LogP contribution >= 0.6 is 0 Å². The maximum absolute atomic E-state index is 13.4. The van der Waals surface area contributed by atoms with E-state index in [0.717, 1.165) is 6.54 Å². The number of amides is 1. The van der Waals surface area contributed by atoms with Crippen molar-refractivity contribution in [1.82, 2.24) is 4.90 Å². The summed E-state index contributed by atoms with van der Waals surface area (Å²) in [7, 11) is 1.95. The van der Waals surface area contributed by atoms with Gasteiger partial charge in [0.1, 0.15) is 5.82 Å². The Labute approximate surface area is 126 Å². The number of nitrogens with zero attached hydrogens (tertiary/aromatic N) is 1. The highest BCUT2D eigenvalue weighted by Gasteiger charge is 2.09. The molecule has 118 valence electrons. The van der Waals surface area contributed by atoms with Crippen LogP contribution in [0.2, 0.25) is 0 Å². The molecule has 1 aromatic carbocycles. The van der Waals surface area contributed by atoms with E-state index in [0.29, 0.717) is 30.8 Å². The molecule has 0 spiro atoms. The van der Waals surface area contributed by atoms with Crippen LogP contribution < -0.4 is 5.32 Å². The quantitative estimate of drug-likeness (QED) is 0.802. The van der Waals surface area contributed by atoms with Gasteiger partial charge >= 0.3 is 0 Å². The highest BCUT2D eigenvalue weighted by atomic mass is 19.1. The summed E-state index contributed by atoms with van der Waals surface area (Å²) in [6.07, 6.45) is 0.513. The van der Waals surface area contributed by atoms with Crippen LogP contribution in [0.4, 0.5) is 10.1 Å². The van der Waals surface area contributed by atoms with Crippen molar-refractivity contribution >= 4 is 11.6 Å². The third-order valence-corrected chi connectivity index (χ3v) is 3.20. The lowest BCUT2D eigenvalue weighted by atomic mass is 10.2. The smallest absolute Gasteiger partial charge is 0.225 e. The summed E-state index contributed by atoms with van der Waals surface area (Å²) >= 11 is 0. The largest absolute Gasteiger partial charge is 0.377 e. The van der Waals surface area contributed by atoms with Gasteiger partial charge in [-0.25, -0.2) is 4.39 Å². The van der Waals surface area contributed by atoms with Gasteiger partial charge in [-0.1, -0.05) is 6.07 Å². The molecule has 0 aliphatic carbocycles. The molecule has 1 rings (SSSR count). The van der Waals surface area contributed by atoms with Gasteiger partial charge in [-0.2, -0.15) is 0 Å². The number of carbonyl (C=O) groups is 1. The van der Waals surface area contributed by atoms with Crippen LogP contribution in [0.25, 0.3) is 0 Å². The monoisotopic (exact) mass is 296 g/mol. The van der Waals surface area contributed by atoms with Gasteiger partial charge in [0.2, 0.25) is 5.91 Å². The number of likely N-dealkylation sites (N-methyl/N-ethyl adjacent to an activating group) is 1. The maximum atomic E-state index is 13.4. The number of carbonyl (C=O) groups excluding carboxylic acids is 1. The molecule has 5 heteroatoms. The first-order valence-electron chi connectivity index (χ1n) is 7.28. The van der Waals surface area contributed by atoms with Crippen molar-refractivity contribution in [1.29, 1.82) is 0 Å². The first-order valence-corrected chi connectivity index (χ1v) is 7.28. The first kappa shape index (κ1) is 17.6. The molecule has 0 aliphatic rings. The molecule has 21 heavy (non-hydrogen) atoms. The van der Waals surface area contributed by atoms with Gasteiger partial charge in [-0.3, -0.25) is 4.79 Å². The maximum Gasteiger partial charge on any atom is 0.225 e. The zero-order valence-corrected chi connectivity index (χ0v) is 13.3. The van der Waals surface area contributed by atoms with Gasteiger partial charge in [-0.15, -0.1) is 0 Å². The summed E-state index contributed by atoms with van der Waals surface area (Å²) in [5.74, 6) is -0.426. The van der Waals surface area contributed by atoms with E-state index in [-0.39, 0.29) is 17.8 Å². The second-order valence-corrected chi connectivity index (χ2v) is 5.29. The number of hydrogen-bond acceptors (Lipinski definition) is 3. The molecule has 1 aromatic rings. The molecule has 0 aliphatic heterocycles. The van der Waals surface area contributed by atoms with Gasteiger partial charge in [0.15, 0.2) is 0 Å². The molecule has 0 fully saturated rings. The number of anilines is 1. The van der Waals surface area contributed by atoms with E-state index in [1.807, 2.05) is 20.9 Å². The van der Waals surface area contributed by atoms with Crippen LogP contribution in [0.15, 0.2) is 18.2 Å². The van der Waals surface area contributed by atoms with Gasteiger partial charge in [0.25, 0.3) is 0 Å². The summed E-state index contributed by atoms with van der Waals surface area (Å²) in [6.45, 7) is 7.77. The number of benzene rings is 1. The van der Waals surface area contributed by atoms with Crippen LogP contribution in [-0.4, -0.2) is 43.7 Å². The fraction of sp³-hybridized carbons (Fsp3) is 0.562. The summed E-state index contributed by atoms with van der Waals surface area (Å²) < 4.78 is 18.8. The van der Waals surface area contributed by atoms with Crippen molar-refractivity contribution < 1.29 is 13.9 Å². The van der Waals surface area contributed by atoms with Gasteiger partial charge < -0.3 is 15.0 Å². The van der Waals surface area contributed by atoms with Crippen LogP contribution in [0, 0.1) is 12.7 Å². The predicted molar refractivity (Wildman–Crippen MR) is 83.0 cm³/mol. The SMILES string of the molecule is CCOC(C)CN(C)CCC(=O)Nc1ccc(C)c(F)c1. The Morgan fingerprint density at radius 3 is 2.81 bits per heavy atom.